The minimum absolute atomic E-state index is 0.0537. The Hall–Kier alpha value is -1.03. The lowest BCUT2D eigenvalue weighted by atomic mass is 10.0. The Labute approximate surface area is 165 Å². The molecule has 2 heterocycles. The Morgan fingerprint density at radius 2 is 1.56 bits per heavy atom. The minimum atomic E-state index is -0.526. The molecule has 0 N–H and O–H groups in total. The normalized spacial score (nSPS) is 25.9. The van der Waals surface area contributed by atoms with Crippen LogP contribution < -0.4 is 0 Å². The molecule has 0 unspecified atom stereocenters. The average Bonchev–Trinajstić information content (AvgIpc) is 3.21. The molecule has 2 fully saturated rings. The van der Waals surface area contributed by atoms with Crippen molar-refractivity contribution in [3.05, 3.63) is 11.1 Å². The number of amides is 1. The van der Waals surface area contributed by atoms with Crippen LogP contribution in [0, 0.1) is 0 Å². The molecule has 1 aliphatic carbocycles. The van der Waals surface area contributed by atoms with Crippen LogP contribution in [0.1, 0.15) is 104 Å². The van der Waals surface area contributed by atoms with Crippen molar-refractivity contribution >= 4 is 6.09 Å². The molecule has 3 rings (SSSR count). The quantitative estimate of drug-likeness (QED) is 0.277. The fourth-order valence-corrected chi connectivity index (χ4v) is 4.70. The molecule has 0 aromatic rings. The topological polar surface area (TPSA) is 38.8 Å². The predicted molar refractivity (Wildman–Crippen MR) is 109 cm³/mol. The third kappa shape index (κ3) is 5.28. The summed E-state index contributed by atoms with van der Waals surface area (Å²) >= 11 is 0. The number of allylic oxidation sites excluding steroid dienone is 1. The predicted octanol–water partition coefficient (Wildman–Crippen LogP) is 6.34. The second-order valence-corrected chi connectivity index (χ2v) is 9.09. The van der Waals surface area contributed by atoms with Crippen molar-refractivity contribution in [2.75, 3.05) is 6.61 Å². The molecule has 4 nitrogen and oxygen atoms in total. The highest BCUT2D eigenvalue weighted by molar-refractivity contribution is 5.73. The summed E-state index contributed by atoms with van der Waals surface area (Å²) in [5.74, 6) is 0. The van der Waals surface area contributed by atoms with Gasteiger partial charge in [0.05, 0.1) is 6.61 Å². The number of cyclic esters (lactones) is 1. The molecule has 4 heteroatoms. The van der Waals surface area contributed by atoms with Crippen LogP contribution in [0.5, 0.6) is 0 Å². The smallest absolute Gasteiger partial charge is 0.413 e. The third-order valence-electron chi connectivity index (χ3n) is 6.45. The first kappa shape index (κ1) is 20.7. The number of hydrogen-bond acceptors (Lipinski definition) is 3. The maximum absolute atomic E-state index is 12.2. The van der Waals surface area contributed by atoms with Gasteiger partial charge in [0.2, 0.25) is 0 Å². The highest BCUT2D eigenvalue weighted by atomic mass is 16.6. The van der Waals surface area contributed by atoms with Crippen molar-refractivity contribution in [2.24, 2.45) is 0 Å². The molecule has 0 aromatic carbocycles. The molecule has 0 aromatic heterocycles. The van der Waals surface area contributed by atoms with Gasteiger partial charge in [-0.05, 0) is 38.7 Å². The largest absolute Gasteiger partial charge is 0.439 e. The van der Waals surface area contributed by atoms with Crippen LogP contribution in [0.25, 0.3) is 0 Å². The number of nitrogens with zero attached hydrogens (tertiary/aromatic N) is 1. The van der Waals surface area contributed by atoms with Gasteiger partial charge in [-0.1, -0.05) is 76.7 Å². The molecular weight excluding hydrogens is 338 g/mol. The number of hydrogen-bond donors (Lipinski definition) is 0. The first-order chi connectivity index (χ1) is 13.0. The van der Waals surface area contributed by atoms with E-state index in [9.17, 15) is 4.79 Å². The zero-order valence-corrected chi connectivity index (χ0v) is 17.7. The van der Waals surface area contributed by atoms with Gasteiger partial charge in [-0.25, -0.2) is 4.79 Å². The van der Waals surface area contributed by atoms with Gasteiger partial charge < -0.3 is 9.47 Å². The summed E-state index contributed by atoms with van der Waals surface area (Å²) in [6.07, 6.45) is 17.2. The number of fused-ring (bicyclic) bond motifs is 1. The van der Waals surface area contributed by atoms with E-state index in [0.717, 1.165) is 6.42 Å². The molecule has 2 saturated heterocycles. The van der Waals surface area contributed by atoms with E-state index in [1.165, 1.54) is 88.2 Å². The van der Waals surface area contributed by atoms with Gasteiger partial charge in [0.15, 0.2) is 0 Å². The van der Waals surface area contributed by atoms with Crippen molar-refractivity contribution in [1.82, 2.24) is 4.90 Å². The Balaban J connectivity index is 1.26. The van der Waals surface area contributed by atoms with Crippen LogP contribution in [-0.4, -0.2) is 35.5 Å². The Morgan fingerprint density at radius 3 is 2.19 bits per heavy atom. The van der Waals surface area contributed by atoms with Crippen molar-refractivity contribution < 1.29 is 14.3 Å². The molecule has 27 heavy (non-hydrogen) atoms. The van der Waals surface area contributed by atoms with Gasteiger partial charge in [-0.15, -0.1) is 0 Å². The zero-order chi connectivity index (χ0) is 19.3. The SMILES string of the molecule is CCCCCCCCCCCCCC1=C([C@@H]2OC(=O)N3[C@@H]2COC3(C)C)C1. The molecule has 1 amide bonds. The molecule has 0 radical (unpaired) electrons. The van der Waals surface area contributed by atoms with E-state index in [1.54, 1.807) is 4.90 Å². The summed E-state index contributed by atoms with van der Waals surface area (Å²) in [6.45, 7) is 6.77. The molecule has 3 aliphatic rings. The third-order valence-corrected chi connectivity index (χ3v) is 6.45. The van der Waals surface area contributed by atoms with Crippen LogP contribution in [-0.2, 0) is 9.47 Å². The minimum Gasteiger partial charge on any atom is -0.439 e. The number of rotatable bonds is 13. The molecule has 0 bridgehead atoms. The highest BCUT2D eigenvalue weighted by Crippen LogP contribution is 2.46. The van der Waals surface area contributed by atoms with Gasteiger partial charge in [0.25, 0.3) is 0 Å². The average molecular weight is 378 g/mol. The fourth-order valence-electron chi connectivity index (χ4n) is 4.70. The Kier molecular flexibility index (Phi) is 7.24. The van der Waals surface area contributed by atoms with E-state index in [2.05, 4.69) is 6.92 Å². The second kappa shape index (κ2) is 9.45. The van der Waals surface area contributed by atoms with Crippen molar-refractivity contribution in [2.45, 2.75) is 122 Å². The lowest BCUT2D eigenvalue weighted by molar-refractivity contribution is -0.0382. The van der Waals surface area contributed by atoms with E-state index >= 15 is 0 Å². The molecule has 0 spiro atoms. The lowest BCUT2D eigenvalue weighted by Crippen LogP contribution is -2.43. The Morgan fingerprint density at radius 1 is 0.963 bits per heavy atom. The summed E-state index contributed by atoms with van der Waals surface area (Å²) in [5, 5.41) is 0. The molecule has 2 aliphatic heterocycles. The molecule has 154 valence electrons. The number of carbonyl (C=O) groups is 1. The second-order valence-electron chi connectivity index (χ2n) is 9.09. The summed E-state index contributed by atoms with van der Waals surface area (Å²) in [6, 6.07) is 0.0809. The van der Waals surface area contributed by atoms with Crippen molar-refractivity contribution in [3.8, 4) is 0 Å². The highest BCUT2D eigenvalue weighted by Gasteiger charge is 2.56. The fraction of sp³-hybridized carbons (Fsp3) is 0.870. The van der Waals surface area contributed by atoms with E-state index in [-0.39, 0.29) is 18.2 Å². The molecule has 2 atom stereocenters. The van der Waals surface area contributed by atoms with Gasteiger partial charge >= 0.3 is 6.09 Å². The summed E-state index contributed by atoms with van der Waals surface area (Å²) in [5.41, 5.74) is 2.39. The van der Waals surface area contributed by atoms with Gasteiger partial charge in [0, 0.05) is 0 Å². The van der Waals surface area contributed by atoms with E-state index in [0.29, 0.717) is 6.61 Å². The number of carbonyl (C=O) groups excluding carboxylic acids is 1. The van der Waals surface area contributed by atoms with Crippen LogP contribution in [0.3, 0.4) is 0 Å². The maximum atomic E-state index is 12.2. The zero-order valence-electron chi connectivity index (χ0n) is 17.7. The van der Waals surface area contributed by atoms with E-state index in [1.807, 2.05) is 13.8 Å². The molecule has 0 saturated carbocycles. The number of unbranched alkanes of at least 4 members (excludes halogenated alkanes) is 10. The van der Waals surface area contributed by atoms with Crippen molar-refractivity contribution in [3.63, 3.8) is 0 Å². The first-order valence-corrected chi connectivity index (χ1v) is 11.4. The first-order valence-electron chi connectivity index (χ1n) is 11.4. The van der Waals surface area contributed by atoms with Gasteiger partial charge in [0.1, 0.15) is 17.9 Å². The monoisotopic (exact) mass is 377 g/mol. The molecular formula is C23H39NO3. The number of ether oxygens (including phenoxy) is 2. The lowest BCUT2D eigenvalue weighted by Gasteiger charge is -2.26. The van der Waals surface area contributed by atoms with Crippen LogP contribution in [0.4, 0.5) is 4.79 Å². The van der Waals surface area contributed by atoms with Gasteiger partial charge in [-0.2, -0.15) is 0 Å². The van der Waals surface area contributed by atoms with Crippen LogP contribution in [0.15, 0.2) is 11.1 Å². The van der Waals surface area contributed by atoms with E-state index in [4.69, 9.17) is 9.47 Å². The van der Waals surface area contributed by atoms with Crippen LogP contribution >= 0.6 is 0 Å². The summed E-state index contributed by atoms with van der Waals surface area (Å²) < 4.78 is 11.5. The summed E-state index contributed by atoms with van der Waals surface area (Å²) in [4.78, 5) is 14.0. The standard InChI is InChI=1S/C23H39NO3/c1-4-5-6-7-8-9-10-11-12-13-14-15-18-16-19(18)21-20-17-26-23(2,3)24(20)22(25)27-21/h20-21H,4-17H2,1-3H3/t20-,21+/m1/s1. The van der Waals surface area contributed by atoms with Gasteiger partial charge in [-0.3, -0.25) is 4.90 Å². The van der Waals surface area contributed by atoms with Crippen molar-refractivity contribution in [1.29, 1.82) is 0 Å². The van der Waals surface area contributed by atoms with Crippen LogP contribution in [0.2, 0.25) is 0 Å². The maximum Gasteiger partial charge on any atom is 0.413 e. The van der Waals surface area contributed by atoms with E-state index < -0.39 is 5.72 Å². The summed E-state index contributed by atoms with van der Waals surface area (Å²) in [7, 11) is 0. The Bertz CT molecular complexity index is 540.